The van der Waals surface area contributed by atoms with E-state index in [4.69, 9.17) is 11.5 Å². The van der Waals surface area contributed by atoms with Crippen molar-refractivity contribution in [3.8, 4) is 0 Å². The molecule has 0 aromatic heterocycles. The third kappa shape index (κ3) is 2.74. The second-order valence-electron chi connectivity index (χ2n) is 3.91. The average molecular weight is 242 g/mol. The second kappa shape index (κ2) is 4.84. The molecule has 0 saturated carbocycles. The topological polar surface area (TPSA) is 86.2 Å². The van der Waals surface area contributed by atoms with Crippen molar-refractivity contribution < 1.29 is 8.42 Å². The largest absolute Gasteiger partial charge is 0.398 e. The first-order valence-electron chi connectivity index (χ1n) is 5.19. The van der Waals surface area contributed by atoms with E-state index < -0.39 is 9.84 Å². The molecule has 1 unspecified atom stereocenters. The van der Waals surface area contributed by atoms with Crippen molar-refractivity contribution in [1.29, 1.82) is 0 Å². The number of anilines is 1. The molecule has 0 heterocycles. The van der Waals surface area contributed by atoms with Gasteiger partial charge in [-0.15, -0.1) is 0 Å². The van der Waals surface area contributed by atoms with Crippen LogP contribution in [0.2, 0.25) is 0 Å². The molecule has 1 aromatic rings. The van der Waals surface area contributed by atoms with Gasteiger partial charge in [0, 0.05) is 6.26 Å². The molecule has 0 aliphatic rings. The Balaban J connectivity index is 3.27. The van der Waals surface area contributed by atoms with Gasteiger partial charge < -0.3 is 11.5 Å². The smallest absolute Gasteiger partial charge is 0.177 e. The fourth-order valence-corrected chi connectivity index (χ4v) is 2.51. The normalized spacial score (nSPS) is 13.7. The first-order valence-corrected chi connectivity index (χ1v) is 7.08. The summed E-state index contributed by atoms with van der Waals surface area (Å²) in [5, 5.41) is 0. The summed E-state index contributed by atoms with van der Waals surface area (Å²) in [5.41, 5.74) is 12.5. The number of nitrogen functional groups attached to an aromatic ring is 1. The van der Waals surface area contributed by atoms with Crippen LogP contribution in [0.3, 0.4) is 0 Å². The van der Waals surface area contributed by atoms with Gasteiger partial charge in [0.05, 0.1) is 10.6 Å². The van der Waals surface area contributed by atoms with Crippen molar-refractivity contribution in [2.75, 3.05) is 18.5 Å². The van der Waals surface area contributed by atoms with Gasteiger partial charge in [-0.2, -0.15) is 0 Å². The van der Waals surface area contributed by atoms with E-state index in [1.807, 2.05) is 13.0 Å². The van der Waals surface area contributed by atoms with Crippen molar-refractivity contribution in [2.24, 2.45) is 5.73 Å². The van der Waals surface area contributed by atoms with Crippen LogP contribution in [-0.4, -0.2) is 21.2 Å². The highest BCUT2D eigenvalue weighted by molar-refractivity contribution is 7.90. The SMILES string of the molecule is CCC(CN)c1ccc(N)c(S(C)(=O)=O)c1. The quantitative estimate of drug-likeness (QED) is 0.775. The van der Waals surface area contributed by atoms with Crippen molar-refractivity contribution >= 4 is 15.5 Å². The molecule has 1 aromatic carbocycles. The highest BCUT2D eigenvalue weighted by atomic mass is 32.2. The van der Waals surface area contributed by atoms with Crippen LogP contribution in [-0.2, 0) is 9.84 Å². The average Bonchev–Trinajstić information content (AvgIpc) is 2.20. The highest BCUT2D eigenvalue weighted by Gasteiger charge is 2.15. The zero-order valence-corrected chi connectivity index (χ0v) is 10.4. The summed E-state index contributed by atoms with van der Waals surface area (Å²) in [6, 6.07) is 5.10. The Bertz CT molecular complexity index is 465. The molecule has 0 aliphatic heterocycles. The van der Waals surface area contributed by atoms with Crippen molar-refractivity contribution in [3.05, 3.63) is 23.8 Å². The van der Waals surface area contributed by atoms with Gasteiger partial charge in [-0.1, -0.05) is 13.0 Å². The Kier molecular flexibility index (Phi) is 3.93. The van der Waals surface area contributed by atoms with E-state index >= 15 is 0 Å². The number of nitrogens with two attached hydrogens (primary N) is 2. The molecule has 1 rings (SSSR count). The summed E-state index contributed by atoms with van der Waals surface area (Å²) in [7, 11) is -3.27. The molecular formula is C11H18N2O2S. The molecule has 90 valence electrons. The number of hydrogen-bond donors (Lipinski definition) is 2. The fraction of sp³-hybridized carbons (Fsp3) is 0.455. The van der Waals surface area contributed by atoms with Gasteiger partial charge in [0.1, 0.15) is 0 Å². The van der Waals surface area contributed by atoms with Crippen LogP contribution in [0.1, 0.15) is 24.8 Å². The molecule has 0 aliphatic carbocycles. The summed E-state index contributed by atoms with van der Waals surface area (Å²) in [6.07, 6.45) is 2.04. The predicted molar refractivity (Wildman–Crippen MR) is 66.1 cm³/mol. The van der Waals surface area contributed by atoms with Crippen LogP contribution in [0, 0.1) is 0 Å². The number of hydrogen-bond acceptors (Lipinski definition) is 4. The highest BCUT2D eigenvalue weighted by Crippen LogP contribution is 2.25. The summed E-state index contributed by atoms with van der Waals surface area (Å²) in [4.78, 5) is 0.192. The van der Waals surface area contributed by atoms with Crippen LogP contribution >= 0.6 is 0 Å². The molecule has 5 heteroatoms. The van der Waals surface area contributed by atoms with Crippen molar-refractivity contribution in [1.82, 2.24) is 0 Å². The van der Waals surface area contributed by atoms with Crippen molar-refractivity contribution in [2.45, 2.75) is 24.2 Å². The lowest BCUT2D eigenvalue weighted by Gasteiger charge is -2.14. The fourth-order valence-electron chi connectivity index (χ4n) is 1.66. The molecule has 4 N–H and O–H groups in total. The minimum atomic E-state index is -3.27. The van der Waals surface area contributed by atoms with E-state index in [1.54, 1.807) is 12.1 Å². The van der Waals surface area contributed by atoms with Crippen LogP contribution in [0.5, 0.6) is 0 Å². The Hall–Kier alpha value is -1.07. The van der Waals surface area contributed by atoms with Gasteiger partial charge in [-0.25, -0.2) is 8.42 Å². The Morgan fingerprint density at radius 2 is 2.00 bits per heavy atom. The maximum Gasteiger partial charge on any atom is 0.177 e. The zero-order valence-electron chi connectivity index (χ0n) is 9.60. The van der Waals surface area contributed by atoms with Gasteiger partial charge in [-0.3, -0.25) is 0 Å². The third-order valence-electron chi connectivity index (χ3n) is 2.69. The monoisotopic (exact) mass is 242 g/mol. The first-order chi connectivity index (χ1) is 7.40. The molecule has 0 bridgehead atoms. The lowest BCUT2D eigenvalue weighted by molar-refractivity contribution is 0.601. The van der Waals surface area contributed by atoms with Crippen molar-refractivity contribution in [3.63, 3.8) is 0 Å². The van der Waals surface area contributed by atoms with Crippen LogP contribution in [0.4, 0.5) is 5.69 Å². The summed E-state index contributed by atoms with van der Waals surface area (Å²) < 4.78 is 23.0. The summed E-state index contributed by atoms with van der Waals surface area (Å²) in [6.45, 7) is 2.53. The minimum Gasteiger partial charge on any atom is -0.398 e. The van der Waals surface area contributed by atoms with E-state index in [0.29, 0.717) is 6.54 Å². The Morgan fingerprint density at radius 1 is 1.38 bits per heavy atom. The third-order valence-corrected chi connectivity index (χ3v) is 3.84. The summed E-state index contributed by atoms with van der Waals surface area (Å²) in [5.74, 6) is 0.182. The van der Waals surface area contributed by atoms with Gasteiger partial charge in [0.2, 0.25) is 0 Å². The van der Waals surface area contributed by atoms with Gasteiger partial charge in [0.25, 0.3) is 0 Å². The van der Waals surface area contributed by atoms with E-state index in [1.165, 1.54) is 0 Å². The van der Waals surface area contributed by atoms with Gasteiger partial charge in [0.15, 0.2) is 9.84 Å². The molecule has 0 spiro atoms. The molecule has 16 heavy (non-hydrogen) atoms. The minimum absolute atomic E-state index is 0.182. The predicted octanol–water partition coefficient (Wildman–Crippen LogP) is 1.12. The van der Waals surface area contributed by atoms with Gasteiger partial charge in [-0.05, 0) is 36.6 Å². The van der Waals surface area contributed by atoms with Crippen LogP contribution < -0.4 is 11.5 Å². The maximum absolute atomic E-state index is 11.5. The number of rotatable bonds is 4. The molecule has 1 atom stereocenters. The molecule has 4 nitrogen and oxygen atoms in total. The second-order valence-corrected chi connectivity index (χ2v) is 5.89. The molecule has 0 saturated heterocycles. The summed E-state index contributed by atoms with van der Waals surface area (Å²) >= 11 is 0. The standard InChI is InChI=1S/C11H18N2O2S/c1-3-8(7-12)9-4-5-10(13)11(6-9)16(2,14)15/h4-6,8H,3,7,12-13H2,1-2H3. The number of benzene rings is 1. The van der Waals surface area contributed by atoms with E-state index in [2.05, 4.69) is 0 Å². The maximum atomic E-state index is 11.5. The lowest BCUT2D eigenvalue weighted by Crippen LogP contribution is -2.13. The molecular weight excluding hydrogens is 224 g/mol. The number of sulfone groups is 1. The first kappa shape index (κ1) is 13.0. The van der Waals surface area contributed by atoms with Crippen LogP contribution in [0.15, 0.2) is 23.1 Å². The Morgan fingerprint density at radius 3 is 2.44 bits per heavy atom. The van der Waals surface area contributed by atoms with E-state index in [9.17, 15) is 8.42 Å². The van der Waals surface area contributed by atoms with Gasteiger partial charge >= 0.3 is 0 Å². The van der Waals surface area contributed by atoms with E-state index in [0.717, 1.165) is 18.2 Å². The molecule has 0 fully saturated rings. The molecule has 0 radical (unpaired) electrons. The van der Waals surface area contributed by atoms with Crippen LogP contribution in [0.25, 0.3) is 0 Å². The lowest BCUT2D eigenvalue weighted by atomic mass is 9.96. The zero-order chi connectivity index (χ0) is 12.3. The van der Waals surface area contributed by atoms with E-state index in [-0.39, 0.29) is 16.5 Å². The molecule has 0 amide bonds. The Labute approximate surface area is 96.6 Å².